The molecule has 0 unspecified atom stereocenters. The molecule has 2 aromatic rings. The quantitative estimate of drug-likeness (QED) is 0.582. The second-order valence-corrected chi connectivity index (χ2v) is 3.78. The van der Waals surface area contributed by atoms with Gasteiger partial charge in [0.2, 0.25) is 0 Å². The van der Waals surface area contributed by atoms with Gasteiger partial charge in [0.05, 0.1) is 0 Å². The fourth-order valence-electron chi connectivity index (χ4n) is 1.15. The average molecular weight is 215 g/mol. The van der Waals surface area contributed by atoms with Gasteiger partial charge in [-0.05, 0) is 35.2 Å². The maximum absolute atomic E-state index is 11.6. The minimum absolute atomic E-state index is 0.0279. The van der Waals surface area contributed by atoms with E-state index in [9.17, 15) is 4.79 Å². The number of pyridine rings is 1. The third-order valence-electron chi connectivity index (χ3n) is 1.92. The van der Waals surface area contributed by atoms with E-state index in [0.717, 1.165) is 11.1 Å². The number of hydrogen-bond donors (Lipinski definition) is 0. The number of rotatable bonds is 3. The van der Waals surface area contributed by atoms with Crippen molar-refractivity contribution in [1.29, 1.82) is 0 Å². The van der Waals surface area contributed by atoms with Gasteiger partial charge < -0.3 is 0 Å². The normalized spacial score (nSPS) is 10.7. The highest BCUT2D eigenvalue weighted by atomic mass is 32.1. The number of thiophene rings is 1. The Bertz CT molecular complexity index is 460. The molecule has 0 atom stereocenters. The van der Waals surface area contributed by atoms with Gasteiger partial charge in [-0.3, -0.25) is 9.78 Å². The fraction of sp³-hybridized carbons (Fsp3) is 0. The molecule has 0 spiro atoms. The summed E-state index contributed by atoms with van der Waals surface area (Å²) < 4.78 is 0. The van der Waals surface area contributed by atoms with E-state index in [1.165, 1.54) is 11.3 Å². The van der Waals surface area contributed by atoms with E-state index in [2.05, 4.69) is 4.98 Å². The molecule has 74 valence electrons. The lowest BCUT2D eigenvalue weighted by molar-refractivity contribution is 0.104. The monoisotopic (exact) mass is 215 g/mol. The van der Waals surface area contributed by atoms with Crippen LogP contribution in [0.1, 0.15) is 15.9 Å². The van der Waals surface area contributed by atoms with Crippen molar-refractivity contribution in [3.05, 3.63) is 58.6 Å². The van der Waals surface area contributed by atoms with E-state index in [4.69, 9.17) is 0 Å². The van der Waals surface area contributed by atoms with Crippen molar-refractivity contribution in [3.8, 4) is 0 Å². The van der Waals surface area contributed by atoms with Crippen molar-refractivity contribution in [1.82, 2.24) is 4.98 Å². The minimum atomic E-state index is 0.0279. The summed E-state index contributed by atoms with van der Waals surface area (Å²) in [7, 11) is 0. The summed E-state index contributed by atoms with van der Waals surface area (Å²) in [6, 6.07) is 5.57. The highest BCUT2D eigenvalue weighted by Gasteiger charge is 2.00. The molecule has 0 bridgehead atoms. The van der Waals surface area contributed by atoms with Crippen molar-refractivity contribution in [2.45, 2.75) is 0 Å². The van der Waals surface area contributed by atoms with Crippen molar-refractivity contribution < 1.29 is 4.79 Å². The number of allylic oxidation sites excluding steroid dienone is 1. The number of carbonyl (C=O) groups excluding carboxylic acids is 1. The zero-order valence-electron chi connectivity index (χ0n) is 7.96. The topological polar surface area (TPSA) is 30.0 Å². The van der Waals surface area contributed by atoms with Gasteiger partial charge in [0, 0.05) is 23.3 Å². The Balaban J connectivity index is 2.10. The van der Waals surface area contributed by atoms with Gasteiger partial charge in [-0.25, -0.2) is 0 Å². The maximum atomic E-state index is 11.6. The molecule has 0 amide bonds. The zero-order valence-corrected chi connectivity index (χ0v) is 8.78. The summed E-state index contributed by atoms with van der Waals surface area (Å²) in [4.78, 5) is 15.5. The summed E-state index contributed by atoms with van der Waals surface area (Å²) in [6.07, 6.45) is 6.77. The largest absolute Gasteiger partial charge is 0.289 e. The lowest BCUT2D eigenvalue weighted by Crippen LogP contribution is -1.90. The van der Waals surface area contributed by atoms with Crippen molar-refractivity contribution in [2.24, 2.45) is 0 Å². The third kappa shape index (κ3) is 2.60. The summed E-state index contributed by atoms with van der Waals surface area (Å²) in [5, 5.41) is 3.74. The standard InChI is InChI=1S/C12H9NOS/c14-12(11-5-7-15-9-11)4-3-10-2-1-6-13-8-10/h1-9H/b4-3+. The van der Waals surface area contributed by atoms with Crippen molar-refractivity contribution >= 4 is 23.2 Å². The number of aromatic nitrogens is 1. The minimum Gasteiger partial charge on any atom is -0.289 e. The first kappa shape index (κ1) is 9.80. The number of nitrogens with zero attached hydrogens (tertiary/aromatic N) is 1. The lowest BCUT2D eigenvalue weighted by atomic mass is 10.2. The molecule has 0 saturated carbocycles. The van der Waals surface area contributed by atoms with Crippen LogP contribution >= 0.6 is 11.3 Å². The molecule has 0 aliphatic carbocycles. The Hall–Kier alpha value is -1.74. The second-order valence-electron chi connectivity index (χ2n) is 3.00. The summed E-state index contributed by atoms with van der Waals surface area (Å²) in [6.45, 7) is 0. The Labute approximate surface area is 91.9 Å². The van der Waals surface area contributed by atoms with E-state index >= 15 is 0 Å². The molecule has 2 heterocycles. The Morgan fingerprint density at radius 2 is 2.33 bits per heavy atom. The summed E-state index contributed by atoms with van der Waals surface area (Å²) in [5.41, 5.74) is 1.67. The van der Waals surface area contributed by atoms with Gasteiger partial charge in [0.15, 0.2) is 5.78 Å². The van der Waals surface area contributed by atoms with Gasteiger partial charge in [0.25, 0.3) is 0 Å². The van der Waals surface area contributed by atoms with Crippen molar-refractivity contribution in [2.75, 3.05) is 0 Å². The maximum Gasteiger partial charge on any atom is 0.186 e. The van der Waals surface area contributed by atoms with Crippen LogP contribution in [0, 0.1) is 0 Å². The molecular weight excluding hydrogens is 206 g/mol. The molecule has 2 aromatic heterocycles. The van der Waals surface area contributed by atoms with Gasteiger partial charge in [0.1, 0.15) is 0 Å². The van der Waals surface area contributed by atoms with Crippen LogP contribution in [0.5, 0.6) is 0 Å². The lowest BCUT2D eigenvalue weighted by Gasteiger charge is -1.90. The Morgan fingerprint density at radius 1 is 1.40 bits per heavy atom. The van der Waals surface area contributed by atoms with Crippen LogP contribution in [-0.4, -0.2) is 10.8 Å². The van der Waals surface area contributed by atoms with Gasteiger partial charge in [-0.1, -0.05) is 6.07 Å². The molecule has 15 heavy (non-hydrogen) atoms. The SMILES string of the molecule is O=C(/C=C/c1cccnc1)c1ccsc1. The molecule has 0 aromatic carbocycles. The van der Waals surface area contributed by atoms with Crippen LogP contribution < -0.4 is 0 Å². The predicted octanol–water partition coefficient (Wildman–Crippen LogP) is 3.04. The first-order chi connectivity index (χ1) is 7.36. The van der Waals surface area contributed by atoms with Gasteiger partial charge >= 0.3 is 0 Å². The zero-order chi connectivity index (χ0) is 10.5. The molecule has 0 aliphatic heterocycles. The smallest absolute Gasteiger partial charge is 0.186 e. The predicted molar refractivity (Wildman–Crippen MR) is 61.9 cm³/mol. The van der Waals surface area contributed by atoms with Crippen LogP contribution in [0.2, 0.25) is 0 Å². The van der Waals surface area contributed by atoms with E-state index in [1.54, 1.807) is 24.5 Å². The molecule has 0 radical (unpaired) electrons. The molecule has 2 rings (SSSR count). The average Bonchev–Trinajstić information content (AvgIpc) is 2.81. The Kier molecular flexibility index (Phi) is 3.05. The fourth-order valence-corrected chi connectivity index (χ4v) is 1.79. The van der Waals surface area contributed by atoms with Crippen LogP contribution in [0.25, 0.3) is 6.08 Å². The molecule has 0 fully saturated rings. The van der Waals surface area contributed by atoms with Gasteiger partial charge in [-0.15, -0.1) is 0 Å². The molecule has 0 aliphatic rings. The van der Waals surface area contributed by atoms with Gasteiger partial charge in [-0.2, -0.15) is 11.3 Å². The Morgan fingerprint density at radius 3 is 3.00 bits per heavy atom. The first-order valence-electron chi connectivity index (χ1n) is 4.51. The number of ketones is 1. The van der Waals surface area contributed by atoms with E-state index in [0.29, 0.717) is 0 Å². The highest BCUT2D eigenvalue weighted by Crippen LogP contribution is 2.08. The van der Waals surface area contributed by atoms with Crippen LogP contribution in [-0.2, 0) is 0 Å². The van der Waals surface area contributed by atoms with E-state index < -0.39 is 0 Å². The van der Waals surface area contributed by atoms with Crippen molar-refractivity contribution in [3.63, 3.8) is 0 Å². The van der Waals surface area contributed by atoms with E-state index in [1.807, 2.05) is 29.0 Å². The summed E-state index contributed by atoms with van der Waals surface area (Å²) in [5.74, 6) is 0.0279. The van der Waals surface area contributed by atoms with E-state index in [-0.39, 0.29) is 5.78 Å². The highest BCUT2D eigenvalue weighted by molar-refractivity contribution is 7.08. The summed E-state index contributed by atoms with van der Waals surface area (Å²) >= 11 is 1.52. The molecule has 0 N–H and O–H groups in total. The number of carbonyl (C=O) groups is 1. The first-order valence-corrected chi connectivity index (χ1v) is 5.45. The molecular formula is C12H9NOS. The van der Waals surface area contributed by atoms with Crippen LogP contribution in [0.3, 0.4) is 0 Å². The molecule has 0 saturated heterocycles. The van der Waals surface area contributed by atoms with Crippen LogP contribution in [0.4, 0.5) is 0 Å². The second kappa shape index (κ2) is 4.66. The third-order valence-corrected chi connectivity index (χ3v) is 2.60. The number of hydrogen-bond acceptors (Lipinski definition) is 3. The van der Waals surface area contributed by atoms with Crippen LogP contribution in [0.15, 0.2) is 47.4 Å². The molecule has 2 nitrogen and oxygen atoms in total. The molecule has 3 heteroatoms.